The minimum absolute atomic E-state index is 0.253. The zero-order valence-corrected chi connectivity index (χ0v) is 12.5. The van der Waals surface area contributed by atoms with E-state index in [1.165, 1.54) is 10.9 Å². The van der Waals surface area contributed by atoms with Gasteiger partial charge in [0, 0.05) is 6.42 Å². The maximum Gasteiger partial charge on any atom is 0.283 e. The molecule has 0 aliphatic carbocycles. The van der Waals surface area contributed by atoms with E-state index in [0.717, 1.165) is 19.3 Å². The maximum absolute atomic E-state index is 12.3. The van der Waals surface area contributed by atoms with Crippen molar-refractivity contribution in [3.63, 3.8) is 0 Å². The predicted octanol–water partition coefficient (Wildman–Crippen LogP) is 0.736. The first-order valence-electron chi connectivity index (χ1n) is 7.70. The lowest BCUT2D eigenvalue weighted by molar-refractivity contribution is 0.0450. The number of anilines is 1. The van der Waals surface area contributed by atoms with Crippen LogP contribution >= 0.6 is 0 Å². The van der Waals surface area contributed by atoms with Gasteiger partial charge in [-0.1, -0.05) is 26.2 Å². The summed E-state index contributed by atoms with van der Waals surface area (Å²) >= 11 is 0. The first kappa shape index (κ1) is 15.0. The molecular weight excluding hydrogens is 286 g/mol. The molecule has 8 heteroatoms. The average Bonchev–Trinajstić information content (AvgIpc) is 2.95. The molecule has 2 aromatic rings. The van der Waals surface area contributed by atoms with Gasteiger partial charge in [0.2, 0.25) is 5.95 Å². The Balaban J connectivity index is 1.86. The van der Waals surface area contributed by atoms with Crippen LogP contribution in [-0.4, -0.2) is 41.9 Å². The van der Waals surface area contributed by atoms with Crippen molar-refractivity contribution in [2.45, 2.75) is 57.4 Å². The van der Waals surface area contributed by atoms with Gasteiger partial charge in [-0.2, -0.15) is 4.98 Å². The van der Waals surface area contributed by atoms with Gasteiger partial charge in [0.1, 0.15) is 6.23 Å². The number of hydrogen-bond donors (Lipinski definition) is 4. The zero-order valence-electron chi connectivity index (χ0n) is 12.5. The van der Waals surface area contributed by atoms with Crippen molar-refractivity contribution in [3.8, 4) is 0 Å². The fourth-order valence-corrected chi connectivity index (χ4v) is 2.89. The third-order valence-corrected chi connectivity index (χ3v) is 4.14. The van der Waals surface area contributed by atoms with Gasteiger partial charge < -0.3 is 20.5 Å². The number of imidazole rings is 1. The molecule has 3 atom stereocenters. The van der Waals surface area contributed by atoms with Crippen molar-refractivity contribution in [2.75, 3.05) is 5.32 Å². The van der Waals surface area contributed by atoms with Crippen LogP contribution in [0.3, 0.4) is 0 Å². The van der Waals surface area contributed by atoms with Crippen molar-refractivity contribution in [1.29, 1.82) is 0 Å². The van der Waals surface area contributed by atoms with E-state index in [0.29, 0.717) is 12.1 Å². The fourth-order valence-electron chi connectivity index (χ4n) is 2.89. The number of nitrogens with one attached hydrogen (secondary N) is 2. The number of aromatic amines is 1. The highest BCUT2D eigenvalue weighted by atomic mass is 16.3. The summed E-state index contributed by atoms with van der Waals surface area (Å²) in [5.41, 5.74) is 0.208. The van der Waals surface area contributed by atoms with Crippen LogP contribution in [0, 0.1) is 0 Å². The minimum atomic E-state index is -1.00. The fraction of sp³-hybridized carbons (Fsp3) is 0.643. The monoisotopic (exact) mass is 307 g/mol. The molecule has 0 amide bonds. The van der Waals surface area contributed by atoms with Crippen LogP contribution in [0.25, 0.3) is 11.2 Å². The zero-order chi connectivity index (χ0) is 15.7. The SMILES string of the molecule is CCCCC[C@H](O)[C@H]1C[C@H](O)n2c(nc3nc[nH]c3c2=O)N1. The standard InChI is InChI=1S/C14H21N5O3/c1-2-3-4-5-9(20)8-6-10(21)19-13(22)11-12(16-7-15-11)18-14(19)17-8/h7-10,20-21H,2-6H2,1H3,(H,15,16)(H,17,18)/t8-,9+,10+/m1/s1. The molecular formula is C14H21N5O3. The van der Waals surface area contributed by atoms with Crippen molar-refractivity contribution in [1.82, 2.24) is 19.5 Å². The number of fused-ring (bicyclic) bond motifs is 2. The largest absolute Gasteiger partial charge is 0.391 e. The number of aliphatic hydroxyl groups excluding tert-OH is 2. The molecule has 0 unspecified atom stereocenters. The second-order valence-corrected chi connectivity index (χ2v) is 5.74. The highest BCUT2D eigenvalue weighted by Crippen LogP contribution is 2.26. The van der Waals surface area contributed by atoms with Crippen molar-refractivity contribution >= 4 is 17.1 Å². The summed E-state index contributed by atoms with van der Waals surface area (Å²) in [6.45, 7) is 2.11. The van der Waals surface area contributed by atoms with Gasteiger partial charge in [-0.3, -0.25) is 4.79 Å². The molecule has 0 saturated heterocycles. The molecule has 0 fully saturated rings. The molecule has 0 saturated carbocycles. The molecule has 120 valence electrons. The number of hydrogen-bond acceptors (Lipinski definition) is 6. The van der Waals surface area contributed by atoms with Gasteiger partial charge in [0.15, 0.2) is 11.2 Å². The number of nitrogens with zero attached hydrogens (tertiary/aromatic N) is 3. The molecule has 8 nitrogen and oxygen atoms in total. The van der Waals surface area contributed by atoms with Gasteiger partial charge >= 0.3 is 0 Å². The molecule has 0 spiro atoms. The van der Waals surface area contributed by atoms with Gasteiger partial charge in [-0.25, -0.2) is 9.55 Å². The van der Waals surface area contributed by atoms with E-state index >= 15 is 0 Å². The molecule has 0 aromatic carbocycles. The van der Waals surface area contributed by atoms with Gasteiger partial charge in [0.05, 0.1) is 18.5 Å². The molecule has 0 bridgehead atoms. The highest BCUT2D eigenvalue weighted by Gasteiger charge is 2.31. The molecule has 3 heterocycles. The maximum atomic E-state index is 12.3. The molecule has 22 heavy (non-hydrogen) atoms. The second-order valence-electron chi connectivity index (χ2n) is 5.74. The summed E-state index contributed by atoms with van der Waals surface area (Å²) in [6, 6.07) is -0.324. The lowest BCUT2D eigenvalue weighted by atomic mass is 9.99. The molecule has 4 N–H and O–H groups in total. The summed E-state index contributed by atoms with van der Waals surface area (Å²) in [7, 11) is 0. The third kappa shape index (κ3) is 2.59. The first-order valence-corrected chi connectivity index (χ1v) is 7.70. The van der Waals surface area contributed by atoms with Crippen LogP contribution in [0.2, 0.25) is 0 Å². The molecule has 0 radical (unpaired) electrons. The van der Waals surface area contributed by atoms with Crippen LogP contribution in [0.1, 0.15) is 45.3 Å². The Kier molecular flexibility index (Phi) is 4.12. The van der Waals surface area contributed by atoms with Gasteiger partial charge in [-0.05, 0) is 6.42 Å². The lowest BCUT2D eigenvalue weighted by Crippen LogP contribution is -2.44. The Hall–Kier alpha value is -1.93. The Morgan fingerprint density at radius 1 is 1.50 bits per heavy atom. The summed E-state index contributed by atoms with van der Waals surface area (Å²) < 4.78 is 1.20. The number of unbranched alkanes of at least 4 members (excludes halogenated alkanes) is 2. The van der Waals surface area contributed by atoms with Crippen molar-refractivity contribution in [3.05, 3.63) is 16.7 Å². The van der Waals surface area contributed by atoms with Crippen LogP contribution in [0.5, 0.6) is 0 Å². The van der Waals surface area contributed by atoms with E-state index in [2.05, 4.69) is 27.2 Å². The quantitative estimate of drug-likeness (QED) is 0.605. The van der Waals surface area contributed by atoms with Crippen LogP contribution in [0.4, 0.5) is 5.95 Å². The minimum Gasteiger partial charge on any atom is -0.391 e. The Morgan fingerprint density at radius 3 is 3.09 bits per heavy atom. The smallest absolute Gasteiger partial charge is 0.283 e. The average molecular weight is 307 g/mol. The van der Waals surface area contributed by atoms with E-state index in [1.807, 2.05) is 0 Å². The van der Waals surface area contributed by atoms with Crippen LogP contribution in [0.15, 0.2) is 11.1 Å². The van der Waals surface area contributed by atoms with Crippen molar-refractivity contribution in [2.24, 2.45) is 0 Å². The summed E-state index contributed by atoms with van der Waals surface area (Å²) in [5, 5.41) is 23.6. The van der Waals surface area contributed by atoms with Crippen LogP contribution < -0.4 is 10.9 Å². The molecule has 3 rings (SSSR count). The molecule has 1 aliphatic rings. The van der Waals surface area contributed by atoms with Gasteiger partial charge in [0.25, 0.3) is 5.56 Å². The normalized spacial score (nSPS) is 22.3. The van der Waals surface area contributed by atoms with Crippen LogP contribution in [-0.2, 0) is 0 Å². The summed E-state index contributed by atoms with van der Waals surface area (Å²) in [6.07, 6.45) is 3.82. The van der Waals surface area contributed by atoms with Crippen molar-refractivity contribution < 1.29 is 10.2 Å². The number of aromatic nitrogens is 4. The van der Waals surface area contributed by atoms with Gasteiger partial charge in [-0.15, -0.1) is 0 Å². The predicted molar refractivity (Wildman–Crippen MR) is 81.6 cm³/mol. The summed E-state index contributed by atoms with van der Waals surface area (Å²) in [4.78, 5) is 23.3. The topological polar surface area (TPSA) is 116 Å². The highest BCUT2D eigenvalue weighted by molar-refractivity contribution is 5.70. The molecule has 2 aromatic heterocycles. The lowest BCUT2D eigenvalue weighted by Gasteiger charge is -2.33. The summed E-state index contributed by atoms with van der Waals surface area (Å²) in [5.74, 6) is 0.253. The van der Waals surface area contributed by atoms with E-state index in [-0.39, 0.29) is 29.5 Å². The van der Waals surface area contributed by atoms with E-state index < -0.39 is 12.3 Å². The number of H-pyrrole nitrogens is 1. The third-order valence-electron chi connectivity index (χ3n) is 4.14. The second kappa shape index (κ2) is 6.05. The number of aliphatic hydroxyl groups is 2. The Bertz CT molecular complexity index is 710. The molecule has 1 aliphatic heterocycles. The van der Waals surface area contributed by atoms with E-state index in [4.69, 9.17) is 0 Å². The van der Waals surface area contributed by atoms with E-state index in [1.54, 1.807) is 0 Å². The number of rotatable bonds is 5. The van der Waals surface area contributed by atoms with E-state index in [9.17, 15) is 15.0 Å². The Labute approximate surface area is 127 Å². The Morgan fingerprint density at radius 2 is 2.32 bits per heavy atom. The first-order chi connectivity index (χ1) is 10.6.